The van der Waals surface area contributed by atoms with Crippen LogP contribution in [0.15, 0.2) is 66.7 Å². The van der Waals surface area contributed by atoms with Crippen molar-refractivity contribution in [2.45, 2.75) is 25.6 Å². The van der Waals surface area contributed by atoms with Gasteiger partial charge in [-0.15, -0.1) is 0 Å². The molecule has 9 heteroatoms. The smallest absolute Gasteiger partial charge is 0.269 e. The lowest BCUT2D eigenvalue weighted by Crippen LogP contribution is -2.60. The first kappa shape index (κ1) is 24.2. The van der Waals surface area contributed by atoms with Gasteiger partial charge in [0.2, 0.25) is 5.91 Å². The van der Waals surface area contributed by atoms with E-state index in [4.69, 9.17) is 11.6 Å². The third-order valence-electron chi connectivity index (χ3n) is 7.00. The number of anilines is 1. The van der Waals surface area contributed by atoms with E-state index in [1.807, 2.05) is 24.3 Å². The summed E-state index contributed by atoms with van der Waals surface area (Å²) in [6.45, 7) is 3.14. The van der Waals surface area contributed by atoms with Crippen molar-refractivity contribution in [1.29, 1.82) is 0 Å². The number of fused-ring (bicyclic) bond motifs is 3. The molecule has 186 valence electrons. The van der Waals surface area contributed by atoms with E-state index in [0.717, 1.165) is 29.9 Å². The second-order valence-electron chi connectivity index (χ2n) is 9.35. The summed E-state index contributed by atoms with van der Waals surface area (Å²) >= 11 is 6.03. The fourth-order valence-electron chi connectivity index (χ4n) is 5.24. The molecule has 0 spiro atoms. The third-order valence-corrected chi connectivity index (χ3v) is 7.25. The number of carbonyl (C=O) groups excluding carboxylic acids is 1. The molecule has 3 aromatic rings. The lowest BCUT2D eigenvalue weighted by Gasteiger charge is -2.49. The Kier molecular flexibility index (Phi) is 6.89. The summed E-state index contributed by atoms with van der Waals surface area (Å²) in [6, 6.07) is 18.7. The summed E-state index contributed by atoms with van der Waals surface area (Å²) < 4.78 is 13.6. The number of nitro groups is 1. The molecule has 5 rings (SSSR count). The van der Waals surface area contributed by atoms with Gasteiger partial charge in [0.15, 0.2) is 0 Å². The zero-order chi connectivity index (χ0) is 25.2. The van der Waals surface area contributed by atoms with E-state index >= 15 is 0 Å². The fourth-order valence-corrected chi connectivity index (χ4v) is 5.37. The first-order valence-electron chi connectivity index (χ1n) is 11.9. The summed E-state index contributed by atoms with van der Waals surface area (Å²) in [5.74, 6) is -0.891. The fraction of sp³-hybridized carbons (Fsp3) is 0.296. The number of nitrogens with zero attached hydrogens (tertiary/aromatic N) is 3. The predicted molar refractivity (Wildman–Crippen MR) is 136 cm³/mol. The highest BCUT2D eigenvalue weighted by Gasteiger charge is 2.41. The summed E-state index contributed by atoms with van der Waals surface area (Å²) in [4.78, 5) is 29.0. The van der Waals surface area contributed by atoms with Gasteiger partial charge >= 0.3 is 0 Å². The van der Waals surface area contributed by atoms with Crippen molar-refractivity contribution in [2.24, 2.45) is 5.92 Å². The van der Waals surface area contributed by atoms with Crippen LogP contribution in [0.2, 0.25) is 5.02 Å². The third kappa shape index (κ3) is 5.20. The molecular formula is C27H26ClFN4O3. The zero-order valence-electron chi connectivity index (χ0n) is 19.6. The van der Waals surface area contributed by atoms with Crippen LogP contribution in [0, 0.1) is 21.8 Å². The van der Waals surface area contributed by atoms with Crippen LogP contribution in [0.3, 0.4) is 0 Å². The number of nitro benzene ring substituents is 1. The molecule has 1 N–H and O–H groups in total. The van der Waals surface area contributed by atoms with Crippen molar-refractivity contribution in [3.05, 3.63) is 104 Å². The van der Waals surface area contributed by atoms with Crippen molar-refractivity contribution >= 4 is 28.9 Å². The number of hydrogen-bond donors (Lipinski definition) is 1. The Labute approximate surface area is 213 Å². The number of amides is 1. The highest BCUT2D eigenvalue weighted by molar-refractivity contribution is 6.30. The number of nitrogens with one attached hydrogen (secondary N) is 1. The van der Waals surface area contributed by atoms with E-state index in [0.29, 0.717) is 30.1 Å². The van der Waals surface area contributed by atoms with Gasteiger partial charge in [-0.3, -0.25) is 19.8 Å². The van der Waals surface area contributed by atoms with Gasteiger partial charge < -0.3 is 10.2 Å². The van der Waals surface area contributed by atoms with E-state index in [9.17, 15) is 19.3 Å². The van der Waals surface area contributed by atoms with Gasteiger partial charge in [-0.05, 0) is 53.4 Å². The number of halogens is 2. The Balaban J connectivity index is 1.39. The van der Waals surface area contributed by atoms with Gasteiger partial charge in [0.25, 0.3) is 5.69 Å². The first-order chi connectivity index (χ1) is 17.4. The number of benzene rings is 3. The number of carbonyl (C=O) groups is 1. The Morgan fingerprint density at radius 3 is 2.64 bits per heavy atom. The number of non-ortho nitro benzene ring substituents is 1. The number of rotatable bonds is 6. The van der Waals surface area contributed by atoms with Gasteiger partial charge in [-0.25, -0.2) is 4.39 Å². The van der Waals surface area contributed by atoms with Crippen LogP contribution in [0.4, 0.5) is 15.8 Å². The van der Waals surface area contributed by atoms with Crippen LogP contribution in [0.25, 0.3) is 0 Å². The summed E-state index contributed by atoms with van der Waals surface area (Å²) in [6.07, 6.45) is 0.405. The quantitative estimate of drug-likeness (QED) is 0.390. The average molecular weight is 509 g/mol. The van der Waals surface area contributed by atoms with Gasteiger partial charge in [-0.2, -0.15) is 0 Å². The molecule has 2 atom stereocenters. The molecule has 0 aromatic heterocycles. The molecule has 2 aliphatic heterocycles. The molecule has 2 heterocycles. The maximum atomic E-state index is 13.6. The molecule has 0 bridgehead atoms. The minimum absolute atomic E-state index is 0.0208. The van der Waals surface area contributed by atoms with Gasteiger partial charge in [-0.1, -0.05) is 35.9 Å². The van der Waals surface area contributed by atoms with Crippen molar-refractivity contribution in [3.63, 3.8) is 0 Å². The van der Waals surface area contributed by atoms with E-state index < -0.39 is 10.8 Å². The topological polar surface area (TPSA) is 78.7 Å². The lowest BCUT2D eigenvalue weighted by molar-refractivity contribution is -0.384. The van der Waals surface area contributed by atoms with Crippen LogP contribution in [0.1, 0.15) is 16.7 Å². The Morgan fingerprint density at radius 1 is 1.08 bits per heavy atom. The molecule has 1 saturated heterocycles. The van der Waals surface area contributed by atoms with E-state index in [-0.39, 0.29) is 30.0 Å². The van der Waals surface area contributed by atoms with Crippen molar-refractivity contribution in [3.8, 4) is 0 Å². The highest BCUT2D eigenvalue weighted by atomic mass is 35.5. The molecule has 7 nitrogen and oxygen atoms in total. The molecule has 1 amide bonds. The molecule has 3 aromatic carbocycles. The minimum Gasteiger partial charge on any atom is -0.365 e. The first-order valence-corrected chi connectivity index (χ1v) is 12.3. The van der Waals surface area contributed by atoms with Crippen molar-refractivity contribution in [1.82, 2.24) is 10.2 Å². The van der Waals surface area contributed by atoms with Crippen LogP contribution in [-0.2, 0) is 24.3 Å². The predicted octanol–water partition coefficient (Wildman–Crippen LogP) is 4.57. The van der Waals surface area contributed by atoms with Crippen LogP contribution in [-0.4, -0.2) is 41.4 Å². The number of piperazine rings is 1. The van der Waals surface area contributed by atoms with Gasteiger partial charge in [0.05, 0.1) is 16.9 Å². The lowest BCUT2D eigenvalue weighted by atomic mass is 9.83. The molecule has 36 heavy (non-hydrogen) atoms. The normalized spacial score (nSPS) is 19.3. The van der Waals surface area contributed by atoms with Crippen LogP contribution < -0.4 is 10.2 Å². The van der Waals surface area contributed by atoms with E-state index in [1.165, 1.54) is 18.2 Å². The molecule has 0 aliphatic carbocycles. The van der Waals surface area contributed by atoms with Crippen molar-refractivity contribution < 1.29 is 14.1 Å². The van der Waals surface area contributed by atoms with Gasteiger partial charge in [0, 0.05) is 55.6 Å². The molecule has 0 saturated carbocycles. The average Bonchev–Trinajstić information content (AvgIpc) is 2.87. The minimum atomic E-state index is -0.407. The van der Waals surface area contributed by atoms with Gasteiger partial charge in [0.1, 0.15) is 5.82 Å². The molecular weight excluding hydrogens is 483 g/mol. The molecule has 1 fully saturated rings. The summed E-state index contributed by atoms with van der Waals surface area (Å²) in [5, 5.41) is 15.0. The maximum absolute atomic E-state index is 13.6. The SMILES string of the molecule is O=C(NCc1cccc(F)c1)[C@H]1Cc2cc([N+](=O)[O-])ccc2N2CCN(Cc3ccc(Cl)cc3)C[C@H]12. The molecule has 0 radical (unpaired) electrons. The van der Waals surface area contributed by atoms with E-state index in [1.54, 1.807) is 24.3 Å². The zero-order valence-corrected chi connectivity index (χ0v) is 20.3. The van der Waals surface area contributed by atoms with Crippen LogP contribution in [0.5, 0.6) is 0 Å². The molecule has 0 unspecified atom stereocenters. The molecule has 2 aliphatic rings. The summed E-state index contributed by atoms with van der Waals surface area (Å²) in [7, 11) is 0. The Hall–Kier alpha value is -3.49. The monoisotopic (exact) mass is 508 g/mol. The van der Waals surface area contributed by atoms with Crippen molar-refractivity contribution in [2.75, 3.05) is 24.5 Å². The Bertz CT molecular complexity index is 1290. The Morgan fingerprint density at radius 2 is 1.89 bits per heavy atom. The standard InChI is InChI=1S/C27H26ClFN4O3/c28-21-6-4-18(5-7-21)16-31-10-11-32-25-9-8-23(33(35)36)13-20(25)14-24(26(32)17-31)27(34)30-15-19-2-1-3-22(29)12-19/h1-9,12-13,24,26H,10-11,14-17H2,(H,30,34)/t24-,26+/m0/s1. The summed E-state index contributed by atoms with van der Waals surface area (Å²) in [5.41, 5.74) is 3.60. The van der Waals surface area contributed by atoms with Crippen LogP contribution >= 0.6 is 11.6 Å². The maximum Gasteiger partial charge on any atom is 0.269 e. The second kappa shape index (κ2) is 10.2. The highest BCUT2D eigenvalue weighted by Crippen LogP contribution is 2.38. The largest absolute Gasteiger partial charge is 0.365 e. The number of hydrogen-bond acceptors (Lipinski definition) is 5. The van der Waals surface area contributed by atoms with E-state index in [2.05, 4.69) is 15.1 Å². The second-order valence-corrected chi connectivity index (χ2v) is 9.79.